The lowest BCUT2D eigenvalue weighted by Crippen LogP contribution is -2.09. The van der Waals surface area contributed by atoms with E-state index in [0.717, 1.165) is 36.7 Å². The van der Waals surface area contributed by atoms with Crippen molar-refractivity contribution in [3.63, 3.8) is 0 Å². The highest BCUT2D eigenvalue weighted by molar-refractivity contribution is 7.12. The largest absolute Gasteiger partial charge is 0.374 e. The van der Waals surface area contributed by atoms with Crippen molar-refractivity contribution in [3.05, 3.63) is 40.2 Å². The minimum atomic E-state index is 0.623. The molecule has 1 heterocycles. The van der Waals surface area contributed by atoms with E-state index < -0.39 is 0 Å². The second-order valence-corrected chi connectivity index (χ2v) is 5.82. The van der Waals surface area contributed by atoms with E-state index in [1.807, 2.05) is 13.1 Å². The number of nitrogens with one attached hydrogen (secondary N) is 1. The number of likely N-dealkylation sites (N-methyl/N-ethyl adjacent to an activating group) is 1. The van der Waals surface area contributed by atoms with Crippen LogP contribution in [-0.2, 0) is 17.8 Å². The number of aromatic nitrogens is 1. The van der Waals surface area contributed by atoms with Crippen LogP contribution in [0.15, 0.2) is 30.3 Å². The number of thiazole rings is 1. The molecule has 108 valence electrons. The standard InChI is InChI=1S/C16H22N2OS/c1-3-11-19-12-15-18-16(13-7-5-4-6-8-13)14(20-15)9-10-17-2/h4-8,17H,3,9-12H2,1-2H3. The van der Waals surface area contributed by atoms with E-state index in [0.29, 0.717) is 6.61 Å². The summed E-state index contributed by atoms with van der Waals surface area (Å²) in [5.74, 6) is 0. The molecular formula is C16H22N2OS. The zero-order chi connectivity index (χ0) is 14.2. The minimum absolute atomic E-state index is 0.623. The maximum absolute atomic E-state index is 5.61. The third kappa shape index (κ3) is 4.13. The maximum atomic E-state index is 5.61. The van der Waals surface area contributed by atoms with Gasteiger partial charge in [0.05, 0.1) is 12.3 Å². The van der Waals surface area contributed by atoms with Crippen LogP contribution in [0.5, 0.6) is 0 Å². The molecule has 2 aromatic rings. The summed E-state index contributed by atoms with van der Waals surface area (Å²) in [6.45, 7) is 4.51. The molecule has 0 saturated heterocycles. The lowest BCUT2D eigenvalue weighted by atomic mass is 10.1. The Morgan fingerprint density at radius 3 is 2.75 bits per heavy atom. The second kappa shape index (κ2) is 8.15. The van der Waals surface area contributed by atoms with Gasteiger partial charge in [-0.3, -0.25) is 0 Å². The molecule has 0 saturated carbocycles. The van der Waals surface area contributed by atoms with Crippen LogP contribution in [0.4, 0.5) is 0 Å². The molecule has 0 unspecified atom stereocenters. The van der Waals surface area contributed by atoms with E-state index in [1.165, 1.54) is 10.4 Å². The van der Waals surface area contributed by atoms with Crippen molar-refractivity contribution in [2.24, 2.45) is 0 Å². The Morgan fingerprint density at radius 2 is 2.05 bits per heavy atom. The Kier molecular flexibility index (Phi) is 6.18. The van der Waals surface area contributed by atoms with Crippen molar-refractivity contribution < 1.29 is 4.74 Å². The smallest absolute Gasteiger partial charge is 0.119 e. The molecule has 0 amide bonds. The van der Waals surface area contributed by atoms with E-state index in [1.54, 1.807) is 11.3 Å². The predicted octanol–water partition coefficient (Wildman–Crippen LogP) is 3.50. The summed E-state index contributed by atoms with van der Waals surface area (Å²) in [5, 5.41) is 4.28. The number of benzene rings is 1. The van der Waals surface area contributed by atoms with Gasteiger partial charge >= 0.3 is 0 Å². The van der Waals surface area contributed by atoms with Crippen molar-refractivity contribution in [3.8, 4) is 11.3 Å². The normalized spacial score (nSPS) is 10.9. The summed E-state index contributed by atoms with van der Waals surface area (Å²) in [6.07, 6.45) is 2.05. The van der Waals surface area contributed by atoms with Crippen molar-refractivity contribution in [1.82, 2.24) is 10.3 Å². The molecule has 1 aromatic heterocycles. The van der Waals surface area contributed by atoms with Gasteiger partial charge in [-0.25, -0.2) is 4.98 Å². The van der Waals surface area contributed by atoms with Crippen LogP contribution in [0.2, 0.25) is 0 Å². The summed E-state index contributed by atoms with van der Waals surface area (Å²) in [6, 6.07) is 10.4. The number of nitrogens with zero attached hydrogens (tertiary/aromatic N) is 1. The van der Waals surface area contributed by atoms with E-state index in [9.17, 15) is 0 Å². The van der Waals surface area contributed by atoms with Crippen molar-refractivity contribution >= 4 is 11.3 Å². The fourth-order valence-electron chi connectivity index (χ4n) is 2.00. The summed E-state index contributed by atoms with van der Waals surface area (Å²) in [7, 11) is 1.98. The van der Waals surface area contributed by atoms with Gasteiger partial charge in [0.1, 0.15) is 5.01 Å². The molecule has 0 atom stereocenters. The van der Waals surface area contributed by atoms with Crippen molar-refractivity contribution in [2.45, 2.75) is 26.4 Å². The average Bonchev–Trinajstić information content (AvgIpc) is 2.89. The van der Waals surface area contributed by atoms with Crippen LogP contribution in [0.3, 0.4) is 0 Å². The fraction of sp³-hybridized carbons (Fsp3) is 0.438. The number of ether oxygens (including phenoxy) is 1. The van der Waals surface area contributed by atoms with E-state index in [2.05, 4.69) is 36.5 Å². The third-order valence-electron chi connectivity index (χ3n) is 2.96. The van der Waals surface area contributed by atoms with Gasteiger partial charge < -0.3 is 10.1 Å². The molecule has 0 aliphatic carbocycles. The first-order chi connectivity index (χ1) is 9.85. The van der Waals surface area contributed by atoms with Crippen LogP contribution >= 0.6 is 11.3 Å². The van der Waals surface area contributed by atoms with Crippen LogP contribution in [0.1, 0.15) is 23.2 Å². The zero-order valence-electron chi connectivity index (χ0n) is 12.2. The minimum Gasteiger partial charge on any atom is -0.374 e. The Bertz CT molecular complexity index is 510. The molecule has 4 heteroatoms. The third-order valence-corrected chi connectivity index (χ3v) is 4.05. The Labute approximate surface area is 125 Å². The second-order valence-electron chi connectivity index (χ2n) is 4.65. The van der Waals surface area contributed by atoms with Crippen LogP contribution in [0.25, 0.3) is 11.3 Å². The van der Waals surface area contributed by atoms with Gasteiger partial charge in [-0.2, -0.15) is 0 Å². The molecule has 1 aromatic carbocycles. The van der Waals surface area contributed by atoms with Crippen LogP contribution < -0.4 is 5.32 Å². The van der Waals surface area contributed by atoms with Gasteiger partial charge in [0, 0.05) is 17.0 Å². The highest BCUT2D eigenvalue weighted by Crippen LogP contribution is 2.29. The fourth-order valence-corrected chi connectivity index (χ4v) is 3.02. The molecule has 2 rings (SSSR count). The Morgan fingerprint density at radius 1 is 1.25 bits per heavy atom. The summed E-state index contributed by atoms with van der Waals surface area (Å²) >= 11 is 1.77. The highest BCUT2D eigenvalue weighted by atomic mass is 32.1. The van der Waals surface area contributed by atoms with Crippen LogP contribution in [0, 0.1) is 0 Å². The van der Waals surface area contributed by atoms with Crippen molar-refractivity contribution in [1.29, 1.82) is 0 Å². The monoisotopic (exact) mass is 290 g/mol. The molecule has 3 nitrogen and oxygen atoms in total. The zero-order valence-corrected chi connectivity index (χ0v) is 13.0. The predicted molar refractivity (Wildman–Crippen MR) is 85.1 cm³/mol. The average molecular weight is 290 g/mol. The number of rotatable bonds is 8. The number of hydrogen-bond donors (Lipinski definition) is 1. The van der Waals surface area contributed by atoms with Gasteiger partial charge in [-0.1, -0.05) is 37.3 Å². The summed E-state index contributed by atoms with van der Waals surface area (Å²) in [5.41, 5.74) is 2.30. The van der Waals surface area contributed by atoms with E-state index in [4.69, 9.17) is 9.72 Å². The molecule has 0 aliphatic heterocycles. The first-order valence-corrected chi connectivity index (χ1v) is 7.93. The molecule has 0 spiro atoms. The molecule has 0 bridgehead atoms. The first-order valence-electron chi connectivity index (χ1n) is 7.11. The van der Waals surface area contributed by atoms with E-state index >= 15 is 0 Å². The molecular weight excluding hydrogens is 268 g/mol. The van der Waals surface area contributed by atoms with Crippen molar-refractivity contribution in [2.75, 3.05) is 20.2 Å². The molecule has 20 heavy (non-hydrogen) atoms. The SMILES string of the molecule is CCCOCc1nc(-c2ccccc2)c(CCNC)s1. The maximum Gasteiger partial charge on any atom is 0.119 e. The van der Waals surface area contributed by atoms with Gasteiger partial charge in [0.2, 0.25) is 0 Å². The van der Waals surface area contributed by atoms with Crippen LogP contribution in [-0.4, -0.2) is 25.2 Å². The van der Waals surface area contributed by atoms with Gasteiger partial charge in [-0.05, 0) is 26.4 Å². The Balaban J connectivity index is 2.19. The lowest BCUT2D eigenvalue weighted by molar-refractivity contribution is 0.121. The van der Waals surface area contributed by atoms with E-state index in [-0.39, 0.29) is 0 Å². The molecule has 0 fully saturated rings. The van der Waals surface area contributed by atoms with Gasteiger partial charge in [0.25, 0.3) is 0 Å². The lowest BCUT2D eigenvalue weighted by Gasteiger charge is -2.01. The summed E-state index contributed by atoms with van der Waals surface area (Å²) in [4.78, 5) is 6.10. The molecule has 0 aliphatic rings. The highest BCUT2D eigenvalue weighted by Gasteiger charge is 2.12. The topological polar surface area (TPSA) is 34.1 Å². The Hall–Kier alpha value is -1.23. The quantitative estimate of drug-likeness (QED) is 0.756. The number of hydrogen-bond acceptors (Lipinski definition) is 4. The van der Waals surface area contributed by atoms with Gasteiger partial charge in [0.15, 0.2) is 0 Å². The summed E-state index contributed by atoms with van der Waals surface area (Å²) < 4.78 is 5.61. The molecule has 0 radical (unpaired) electrons. The van der Waals surface area contributed by atoms with Gasteiger partial charge in [-0.15, -0.1) is 11.3 Å². The molecule has 1 N–H and O–H groups in total. The first kappa shape index (κ1) is 15.2.